The quantitative estimate of drug-likeness (QED) is 0.803. The predicted octanol–water partition coefficient (Wildman–Crippen LogP) is 1.05. The highest BCUT2D eigenvalue weighted by atomic mass is 79.9. The second kappa shape index (κ2) is 6.68. The van der Waals surface area contributed by atoms with Gasteiger partial charge in [-0.25, -0.2) is 4.68 Å². The normalized spacial score (nSPS) is 12.1. The Kier molecular flexibility index (Phi) is 4.92. The van der Waals surface area contributed by atoms with Gasteiger partial charge in [0.1, 0.15) is 11.8 Å². The number of carboxylic acids is 1. The average molecular weight is 355 g/mol. The van der Waals surface area contributed by atoms with Crippen LogP contribution < -0.4 is 10.5 Å². The molecule has 1 unspecified atom stereocenters. The van der Waals surface area contributed by atoms with Gasteiger partial charge < -0.3 is 15.6 Å². The minimum absolute atomic E-state index is 0.147. The number of rotatable bonds is 6. The molecule has 7 nitrogen and oxygen atoms in total. The van der Waals surface area contributed by atoms with Crippen molar-refractivity contribution in [1.82, 2.24) is 15.0 Å². The van der Waals surface area contributed by atoms with Crippen LogP contribution in [0.2, 0.25) is 0 Å². The smallest absolute Gasteiger partial charge is 0.320 e. The number of ether oxygens (including phenoxy) is 1. The van der Waals surface area contributed by atoms with Gasteiger partial charge in [0.25, 0.3) is 0 Å². The Hall–Kier alpha value is -1.93. The van der Waals surface area contributed by atoms with Crippen molar-refractivity contribution in [2.24, 2.45) is 5.73 Å². The summed E-state index contributed by atoms with van der Waals surface area (Å²) in [6.45, 7) is 0.493. The summed E-state index contributed by atoms with van der Waals surface area (Å²) in [5.74, 6) is -0.304. The van der Waals surface area contributed by atoms with E-state index in [4.69, 9.17) is 15.6 Å². The van der Waals surface area contributed by atoms with E-state index in [1.54, 1.807) is 18.0 Å². The zero-order valence-corrected chi connectivity index (χ0v) is 12.9. The molecule has 0 bridgehead atoms. The molecule has 0 saturated carbocycles. The van der Waals surface area contributed by atoms with Gasteiger partial charge in [-0.15, -0.1) is 5.10 Å². The number of hydrogen-bond acceptors (Lipinski definition) is 5. The van der Waals surface area contributed by atoms with Crippen molar-refractivity contribution in [2.45, 2.75) is 19.0 Å². The van der Waals surface area contributed by atoms with Crippen LogP contribution in [-0.4, -0.2) is 39.2 Å². The summed E-state index contributed by atoms with van der Waals surface area (Å²) in [7, 11) is 1.61. The summed E-state index contributed by atoms with van der Waals surface area (Å²) in [6, 6.07) is 4.67. The Bertz CT molecular complexity index is 644. The van der Waals surface area contributed by atoms with E-state index < -0.39 is 12.0 Å². The highest BCUT2D eigenvalue weighted by Crippen LogP contribution is 2.23. The summed E-state index contributed by atoms with van der Waals surface area (Å²) >= 11 is 3.47. The molecule has 0 aliphatic heterocycles. The summed E-state index contributed by atoms with van der Waals surface area (Å²) in [5, 5.41) is 16.7. The number of hydrogen-bond donors (Lipinski definition) is 2. The Morgan fingerprint density at radius 3 is 3.00 bits per heavy atom. The van der Waals surface area contributed by atoms with Gasteiger partial charge >= 0.3 is 5.97 Å². The molecule has 1 aromatic heterocycles. The second-order valence-corrected chi connectivity index (χ2v) is 5.37. The molecule has 0 amide bonds. The molecule has 1 heterocycles. The molecule has 3 N–H and O–H groups in total. The summed E-state index contributed by atoms with van der Waals surface area (Å²) in [6.07, 6.45) is 1.84. The van der Waals surface area contributed by atoms with E-state index in [0.29, 0.717) is 12.2 Å². The van der Waals surface area contributed by atoms with Crippen LogP contribution in [0.4, 0.5) is 0 Å². The molecule has 0 aliphatic carbocycles. The summed E-state index contributed by atoms with van der Waals surface area (Å²) in [4.78, 5) is 10.7. The fourth-order valence-corrected chi connectivity index (χ4v) is 2.17. The van der Waals surface area contributed by atoms with Crippen molar-refractivity contribution in [3.63, 3.8) is 0 Å². The molecular weight excluding hydrogens is 340 g/mol. The maximum atomic E-state index is 10.7. The minimum atomic E-state index is -1.06. The fraction of sp³-hybridized carbons (Fsp3) is 0.308. The SMILES string of the molecule is COc1ccc(Br)c(Cn2cc(CC(N)C(=O)O)nn2)c1. The number of nitrogens with zero attached hydrogens (tertiary/aromatic N) is 3. The third kappa shape index (κ3) is 4.02. The van der Waals surface area contributed by atoms with Gasteiger partial charge in [-0.1, -0.05) is 21.1 Å². The number of methoxy groups -OCH3 is 1. The first kappa shape index (κ1) is 15.5. The van der Waals surface area contributed by atoms with Crippen LogP contribution in [0, 0.1) is 0 Å². The molecule has 112 valence electrons. The number of halogens is 1. The topological polar surface area (TPSA) is 103 Å². The summed E-state index contributed by atoms with van der Waals surface area (Å²) in [5.41, 5.74) is 7.00. The first-order chi connectivity index (χ1) is 9.99. The van der Waals surface area contributed by atoms with E-state index in [9.17, 15) is 4.79 Å². The first-order valence-corrected chi connectivity index (χ1v) is 6.98. The molecule has 0 radical (unpaired) electrons. The Balaban J connectivity index is 2.10. The van der Waals surface area contributed by atoms with E-state index in [0.717, 1.165) is 15.8 Å². The Morgan fingerprint density at radius 1 is 1.57 bits per heavy atom. The van der Waals surface area contributed by atoms with E-state index in [-0.39, 0.29) is 6.42 Å². The number of benzene rings is 1. The lowest BCUT2D eigenvalue weighted by Crippen LogP contribution is -2.32. The maximum absolute atomic E-state index is 10.7. The first-order valence-electron chi connectivity index (χ1n) is 6.19. The third-order valence-electron chi connectivity index (χ3n) is 2.92. The van der Waals surface area contributed by atoms with Crippen molar-refractivity contribution >= 4 is 21.9 Å². The van der Waals surface area contributed by atoms with Crippen molar-refractivity contribution in [1.29, 1.82) is 0 Å². The van der Waals surface area contributed by atoms with E-state index >= 15 is 0 Å². The van der Waals surface area contributed by atoms with E-state index in [2.05, 4.69) is 26.2 Å². The molecular formula is C13H15BrN4O3. The van der Waals surface area contributed by atoms with Crippen molar-refractivity contribution in [3.05, 3.63) is 40.1 Å². The molecule has 0 fully saturated rings. The predicted molar refractivity (Wildman–Crippen MR) is 79.1 cm³/mol. The highest BCUT2D eigenvalue weighted by molar-refractivity contribution is 9.10. The molecule has 0 saturated heterocycles. The highest BCUT2D eigenvalue weighted by Gasteiger charge is 2.14. The minimum Gasteiger partial charge on any atom is -0.497 e. The van der Waals surface area contributed by atoms with Crippen molar-refractivity contribution < 1.29 is 14.6 Å². The average Bonchev–Trinajstić information content (AvgIpc) is 2.88. The number of carboxylic acid groups (broad SMARTS) is 1. The molecule has 2 rings (SSSR count). The number of aromatic nitrogens is 3. The van der Waals surface area contributed by atoms with Gasteiger partial charge in [-0.05, 0) is 23.8 Å². The van der Waals surface area contributed by atoms with Gasteiger partial charge in [0.15, 0.2) is 0 Å². The van der Waals surface area contributed by atoms with Crippen LogP contribution in [0.3, 0.4) is 0 Å². The van der Waals surface area contributed by atoms with Crippen LogP contribution >= 0.6 is 15.9 Å². The van der Waals surface area contributed by atoms with E-state index in [1.165, 1.54) is 0 Å². The van der Waals surface area contributed by atoms with Crippen molar-refractivity contribution in [2.75, 3.05) is 7.11 Å². The second-order valence-electron chi connectivity index (χ2n) is 4.51. The molecule has 1 aromatic carbocycles. The molecule has 21 heavy (non-hydrogen) atoms. The number of nitrogens with two attached hydrogens (primary N) is 1. The summed E-state index contributed by atoms with van der Waals surface area (Å²) < 4.78 is 7.75. The Morgan fingerprint density at radius 2 is 2.33 bits per heavy atom. The lowest BCUT2D eigenvalue weighted by molar-refractivity contribution is -0.138. The maximum Gasteiger partial charge on any atom is 0.320 e. The fourth-order valence-electron chi connectivity index (χ4n) is 1.80. The lowest BCUT2D eigenvalue weighted by Gasteiger charge is -2.07. The van der Waals surface area contributed by atoms with E-state index in [1.807, 2.05) is 18.2 Å². The third-order valence-corrected chi connectivity index (χ3v) is 3.69. The number of aliphatic carboxylic acids is 1. The van der Waals surface area contributed by atoms with Crippen LogP contribution in [0.15, 0.2) is 28.9 Å². The van der Waals surface area contributed by atoms with Gasteiger partial charge in [-0.3, -0.25) is 4.79 Å². The molecule has 8 heteroatoms. The lowest BCUT2D eigenvalue weighted by atomic mass is 10.2. The van der Waals surface area contributed by atoms with Crippen molar-refractivity contribution in [3.8, 4) is 5.75 Å². The monoisotopic (exact) mass is 354 g/mol. The molecule has 2 aromatic rings. The van der Waals surface area contributed by atoms with Gasteiger partial charge in [-0.2, -0.15) is 0 Å². The molecule has 0 spiro atoms. The van der Waals surface area contributed by atoms with Gasteiger partial charge in [0, 0.05) is 17.1 Å². The van der Waals surface area contributed by atoms with Crippen LogP contribution in [0.25, 0.3) is 0 Å². The zero-order valence-electron chi connectivity index (χ0n) is 11.4. The molecule has 1 atom stereocenters. The van der Waals surface area contributed by atoms with Gasteiger partial charge in [0.05, 0.1) is 19.3 Å². The van der Waals surface area contributed by atoms with Crippen LogP contribution in [0.5, 0.6) is 5.75 Å². The standard InChI is InChI=1S/C13H15BrN4O3/c1-21-10-2-3-11(14)8(4-10)6-18-7-9(16-17-18)5-12(15)13(19)20/h2-4,7,12H,5-6,15H2,1H3,(H,19,20). The van der Waals surface area contributed by atoms with Gasteiger partial charge in [0.2, 0.25) is 0 Å². The Labute approximate surface area is 129 Å². The number of carbonyl (C=O) groups is 1. The largest absolute Gasteiger partial charge is 0.497 e. The molecule has 0 aliphatic rings. The van der Waals surface area contributed by atoms with Crippen LogP contribution in [-0.2, 0) is 17.8 Å². The zero-order chi connectivity index (χ0) is 15.4. The van der Waals surface area contributed by atoms with Crippen LogP contribution in [0.1, 0.15) is 11.3 Å².